The van der Waals surface area contributed by atoms with Gasteiger partial charge in [-0.3, -0.25) is 4.79 Å². The molecular formula is C7H4BrN3OS. The lowest BCUT2D eigenvalue weighted by molar-refractivity contribution is 0.100. The van der Waals surface area contributed by atoms with E-state index in [4.69, 9.17) is 5.73 Å². The van der Waals surface area contributed by atoms with Gasteiger partial charge in [-0.15, -0.1) is 11.3 Å². The third-order valence-electron chi connectivity index (χ3n) is 1.54. The van der Waals surface area contributed by atoms with Crippen LogP contribution in [0.5, 0.6) is 0 Å². The molecule has 0 saturated heterocycles. The Hall–Kier alpha value is -1.01. The van der Waals surface area contributed by atoms with Crippen molar-refractivity contribution in [2.24, 2.45) is 5.73 Å². The van der Waals surface area contributed by atoms with Crippen LogP contribution in [0.25, 0.3) is 10.3 Å². The molecule has 0 unspecified atom stereocenters. The number of thiazole rings is 1. The number of carbonyl (C=O) groups is 1. The fourth-order valence-electron chi connectivity index (χ4n) is 1.01. The number of pyridine rings is 1. The standard InChI is InChI=1S/C7H4BrN3OS/c8-4-1-3(6(9)12)5-7(11-4)13-2-10-5/h1-2H,(H2,9,12). The summed E-state index contributed by atoms with van der Waals surface area (Å²) in [6.07, 6.45) is 0. The van der Waals surface area contributed by atoms with E-state index in [-0.39, 0.29) is 0 Å². The second-order valence-electron chi connectivity index (χ2n) is 2.36. The minimum absolute atomic E-state index is 0.401. The second-order valence-corrected chi connectivity index (χ2v) is 4.01. The second kappa shape index (κ2) is 3.04. The lowest BCUT2D eigenvalue weighted by atomic mass is 10.2. The van der Waals surface area contributed by atoms with E-state index in [1.165, 1.54) is 11.3 Å². The van der Waals surface area contributed by atoms with Crippen LogP contribution in [0.4, 0.5) is 0 Å². The number of fused-ring (bicyclic) bond motifs is 1. The van der Waals surface area contributed by atoms with Gasteiger partial charge in [-0.2, -0.15) is 0 Å². The number of carbonyl (C=O) groups excluding carboxylic acids is 1. The molecule has 66 valence electrons. The first-order valence-corrected chi connectivity index (χ1v) is 5.05. The van der Waals surface area contributed by atoms with Crippen molar-refractivity contribution < 1.29 is 4.79 Å². The molecule has 2 rings (SSSR count). The van der Waals surface area contributed by atoms with Gasteiger partial charge in [-0.05, 0) is 22.0 Å². The molecule has 0 atom stereocenters. The number of nitrogens with zero attached hydrogens (tertiary/aromatic N) is 2. The molecule has 1 amide bonds. The van der Waals surface area contributed by atoms with Crippen LogP contribution >= 0.6 is 27.3 Å². The van der Waals surface area contributed by atoms with Gasteiger partial charge in [0.1, 0.15) is 15.0 Å². The van der Waals surface area contributed by atoms with Crippen molar-refractivity contribution in [2.45, 2.75) is 0 Å². The quantitative estimate of drug-likeness (QED) is 0.789. The van der Waals surface area contributed by atoms with Crippen molar-refractivity contribution >= 4 is 43.5 Å². The molecule has 0 saturated carbocycles. The average Bonchev–Trinajstić information content (AvgIpc) is 2.49. The number of primary amides is 1. The minimum Gasteiger partial charge on any atom is -0.366 e. The van der Waals surface area contributed by atoms with Gasteiger partial charge in [0.2, 0.25) is 0 Å². The molecule has 0 aliphatic heterocycles. The van der Waals surface area contributed by atoms with Crippen LogP contribution in [0, 0.1) is 0 Å². The van der Waals surface area contributed by atoms with E-state index in [2.05, 4.69) is 25.9 Å². The summed E-state index contributed by atoms with van der Waals surface area (Å²) in [5.41, 5.74) is 7.79. The first-order chi connectivity index (χ1) is 6.18. The molecule has 13 heavy (non-hydrogen) atoms. The van der Waals surface area contributed by atoms with E-state index >= 15 is 0 Å². The lowest BCUT2D eigenvalue weighted by Gasteiger charge is -1.96. The Bertz CT molecular complexity index is 482. The zero-order valence-electron chi connectivity index (χ0n) is 6.32. The summed E-state index contributed by atoms with van der Waals surface area (Å²) >= 11 is 4.57. The van der Waals surface area contributed by atoms with Gasteiger partial charge in [0.15, 0.2) is 0 Å². The molecule has 0 radical (unpaired) electrons. The monoisotopic (exact) mass is 257 g/mol. The van der Waals surface area contributed by atoms with Gasteiger partial charge >= 0.3 is 0 Å². The Balaban J connectivity index is 2.84. The van der Waals surface area contributed by atoms with E-state index in [1.807, 2.05) is 0 Å². The van der Waals surface area contributed by atoms with Gasteiger partial charge in [0, 0.05) is 0 Å². The van der Waals surface area contributed by atoms with Gasteiger partial charge < -0.3 is 5.73 Å². The van der Waals surface area contributed by atoms with Crippen LogP contribution in [0.1, 0.15) is 10.4 Å². The van der Waals surface area contributed by atoms with E-state index in [9.17, 15) is 4.79 Å². The molecule has 0 aliphatic rings. The predicted molar refractivity (Wildman–Crippen MR) is 53.6 cm³/mol. The number of aromatic nitrogens is 2. The zero-order chi connectivity index (χ0) is 9.42. The topological polar surface area (TPSA) is 68.9 Å². The molecule has 0 aliphatic carbocycles. The maximum atomic E-state index is 11.0. The third-order valence-corrected chi connectivity index (χ3v) is 2.67. The van der Waals surface area contributed by atoms with Crippen molar-refractivity contribution in [1.29, 1.82) is 0 Å². The molecule has 0 fully saturated rings. The number of hydrogen-bond acceptors (Lipinski definition) is 4. The molecule has 0 aromatic carbocycles. The highest BCUT2D eigenvalue weighted by molar-refractivity contribution is 9.10. The normalized spacial score (nSPS) is 10.5. The highest BCUT2D eigenvalue weighted by atomic mass is 79.9. The largest absolute Gasteiger partial charge is 0.366 e. The maximum Gasteiger partial charge on any atom is 0.251 e. The smallest absolute Gasteiger partial charge is 0.251 e. The zero-order valence-corrected chi connectivity index (χ0v) is 8.72. The minimum atomic E-state index is -0.487. The number of rotatable bonds is 1. The molecule has 0 spiro atoms. The summed E-state index contributed by atoms with van der Waals surface area (Å²) in [5, 5.41) is 0. The highest BCUT2D eigenvalue weighted by Crippen LogP contribution is 2.22. The summed E-state index contributed by atoms with van der Waals surface area (Å²) in [6.45, 7) is 0. The fourth-order valence-corrected chi connectivity index (χ4v) is 2.22. The Morgan fingerprint density at radius 2 is 2.38 bits per heavy atom. The number of nitrogens with two attached hydrogens (primary N) is 1. The van der Waals surface area contributed by atoms with E-state index in [1.54, 1.807) is 11.6 Å². The fraction of sp³-hybridized carbons (Fsp3) is 0. The summed E-state index contributed by atoms with van der Waals surface area (Å²) in [7, 11) is 0. The van der Waals surface area contributed by atoms with Crippen molar-refractivity contribution in [2.75, 3.05) is 0 Å². The van der Waals surface area contributed by atoms with Crippen molar-refractivity contribution in [3.8, 4) is 0 Å². The number of hydrogen-bond donors (Lipinski definition) is 1. The lowest BCUT2D eigenvalue weighted by Crippen LogP contribution is -2.11. The van der Waals surface area contributed by atoms with Crippen molar-refractivity contribution in [3.63, 3.8) is 0 Å². The molecule has 0 bridgehead atoms. The number of halogens is 1. The maximum absolute atomic E-state index is 11.0. The summed E-state index contributed by atoms with van der Waals surface area (Å²) in [6, 6.07) is 1.57. The Kier molecular flexibility index (Phi) is 2.01. The van der Waals surface area contributed by atoms with E-state index in [0.717, 1.165) is 0 Å². The molecule has 4 nitrogen and oxygen atoms in total. The SMILES string of the molecule is NC(=O)c1cc(Br)nc2scnc12. The molecule has 2 aromatic rings. The van der Waals surface area contributed by atoms with Crippen LogP contribution in [0.15, 0.2) is 16.2 Å². The van der Waals surface area contributed by atoms with Crippen LogP contribution < -0.4 is 5.73 Å². The average molecular weight is 258 g/mol. The van der Waals surface area contributed by atoms with Crippen LogP contribution in [0.2, 0.25) is 0 Å². The highest BCUT2D eigenvalue weighted by Gasteiger charge is 2.11. The molecule has 6 heteroatoms. The van der Waals surface area contributed by atoms with Crippen LogP contribution in [-0.2, 0) is 0 Å². The van der Waals surface area contributed by atoms with Gasteiger partial charge in [-0.1, -0.05) is 0 Å². The predicted octanol–water partition coefficient (Wildman–Crippen LogP) is 1.55. The van der Waals surface area contributed by atoms with Crippen molar-refractivity contribution in [1.82, 2.24) is 9.97 Å². The third kappa shape index (κ3) is 1.42. The first kappa shape index (κ1) is 8.58. The molecule has 2 aromatic heterocycles. The summed E-state index contributed by atoms with van der Waals surface area (Å²) < 4.78 is 0.595. The van der Waals surface area contributed by atoms with Gasteiger partial charge in [0.25, 0.3) is 5.91 Å². The van der Waals surface area contributed by atoms with Crippen LogP contribution in [0.3, 0.4) is 0 Å². The van der Waals surface area contributed by atoms with Gasteiger partial charge in [0.05, 0.1) is 11.1 Å². The Labute approximate surface area is 85.9 Å². The van der Waals surface area contributed by atoms with Crippen LogP contribution in [-0.4, -0.2) is 15.9 Å². The molecule has 2 N–H and O–H groups in total. The van der Waals surface area contributed by atoms with Gasteiger partial charge in [-0.25, -0.2) is 9.97 Å². The summed E-state index contributed by atoms with van der Waals surface area (Å²) in [5.74, 6) is -0.487. The Morgan fingerprint density at radius 1 is 1.62 bits per heavy atom. The van der Waals surface area contributed by atoms with Crippen molar-refractivity contribution in [3.05, 3.63) is 21.7 Å². The molecular weight excluding hydrogens is 254 g/mol. The number of amides is 1. The van der Waals surface area contributed by atoms with E-state index in [0.29, 0.717) is 20.5 Å². The van der Waals surface area contributed by atoms with E-state index < -0.39 is 5.91 Å². The molecule has 2 heterocycles. The summed E-state index contributed by atoms with van der Waals surface area (Å²) in [4.78, 5) is 19.9. The first-order valence-electron chi connectivity index (χ1n) is 3.38. The Morgan fingerprint density at radius 3 is 3.08 bits per heavy atom.